The summed E-state index contributed by atoms with van der Waals surface area (Å²) in [6.07, 6.45) is 9.18. The second-order valence-electron chi connectivity index (χ2n) is 6.10. The van der Waals surface area contributed by atoms with Gasteiger partial charge < -0.3 is 9.52 Å². The largest absolute Gasteiger partial charge is 0.472 e. The molecule has 1 saturated carbocycles. The fraction of sp³-hybridized carbons (Fsp3) is 0.471. The van der Waals surface area contributed by atoms with Crippen LogP contribution in [0.5, 0.6) is 0 Å². The number of hydrogen-bond acceptors (Lipinski definition) is 3. The van der Waals surface area contributed by atoms with Crippen LogP contribution in [0.1, 0.15) is 38.7 Å². The van der Waals surface area contributed by atoms with Crippen molar-refractivity contribution in [2.45, 2.75) is 39.2 Å². The molecule has 0 spiro atoms. The number of carbonyl (C=O) groups is 1. The van der Waals surface area contributed by atoms with Crippen molar-refractivity contribution in [3.8, 4) is 0 Å². The van der Waals surface area contributed by atoms with E-state index in [1.54, 1.807) is 18.6 Å². The number of rotatable bonds is 1. The molecule has 106 valence electrons. The van der Waals surface area contributed by atoms with Crippen LogP contribution in [0.2, 0.25) is 0 Å². The maximum Gasteiger partial charge on any atom is 0.182 e. The lowest BCUT2D eigenvalue weighted by atomic mass is 9.57. The lowest BCUT2D eigenvalue weighted by Gasteiger charge is -2.48. The lowest BCUT2D eigenvalue weighted by molar-refractivity contribution is -0.113. The molecule has 0 aliphatic heterocycles. The van der Waals surface area contributed by atoms with Gasteiger partial charge in [-0.25, -0.2) is 0 Å². The molecule has 20 heavy (non-hydrogen) atoms. The van der Waals surface area contributed by atoms with Crippen molar-refractivity contribution in [2.75, 3.05) is 0 Å². The zero-order valence-electron chi connectivity index (χ0n) is 11.9. The molecule has 3 atom stereocenters. The van der Waals surface area contributed by atoms with Crippen molar-refractivity contribution in [3.05, 3.63) is 41.4 Å². The highest BCUT2D eigenvalue weighted by atomic mass is 16.3. The molecule has 1 aromatic rings. The minimum Gasteiger partial charge on any atom is -0.472 e. The molecule has 3 heteroatoms. The van der Waals surface area contributed by atoms with Crippen molar-refractivity contribution in [2.24, 2.45) is 11.3 Å². The summed E-state index contributed by atoms with van der Waals surface area (Å²) in [6, 6.07) is 1.84. The summed E-state index contributed by atoms with van der Waals surface area (Å²) in [5, 5.41) is 10.5. The van der Waals surface area contributed by atoms with E-state index in [0.717, 1.165) is 36.0 Å². The molecule has 0 bridgehead atoms. The second kappa shape index (κ2) is 4.74. The number of ketones is 1. The van der Waals surface area contributed by atoms with Gasteiger partial charge in [-0.05, 0) is 43.4 Å². The van der Waals surface area contributed by atoms with E-state index in [9.17, 15) is 9.90 Å². The summed E-state index contributed by atoms with van der Waals surface area (Å²) < 4.78 is 5.06. The molecule has 1 heterocycles. The van der Waals surface area contributed by atoms with E-state index in [-0.39, 0.29) is 23.2 Å². The molecule has 1 N–H and O–H groups in total. The first-order valence-corrected chi connectivity index (χ1v) is 7.20. The average molecular weight is 272 g/mol. The zero-order chi connectivity index (χ0) is 14.3. The Morgan fingerprint density at radius 1 is 1.50 bits per heavy atom. The van der Waals surface area contributed by atoms with Crippen LogP contribution in [0, 0.1) is 11.3 Å². The second-order valence-corrected chi connectivity index (χ2v) is 6.10. The summed E-state index contributed by atoms with van der Waals surface area (Å²) in [5.74, 6) is 0.0838. The Morgan fingerprint density at radius 2 is 2.30 bits per heavy atom. The van der Waals surface area contributed by atoms with Gasteiger partial charge in [0.2, 0.25) is 0 Å². The molecule has 1 aromatic heterocycles. The molecule has 0 aromatic carbocycles. The van der Waals surface area contributed by atoms with E-state index in [1.165, 1.54) is 0 Å². The van der Waals surface area contributed by atoms with Gasteiger partial charge >= 0.3 is 0 Å². The summed E-state index contributed by atoms with van der Waals surface area (Å²) in [4.78, 5) is 12.4. The predicted molar refractivity (Wildman–Crippen MR) is 76.9 cm³/mol. The molecule has 3 rings (SSSR count). The standard InChI is InChI=1S/C17H20O3/c1-11-14(8-12-6-7-20-10-12)15(18)9-13-4-3-5-16(19)17(11,13)2/h6-11,16,19H,3-5H2,1-2H3/t11-,16-,17-/m0/s1. The van der Waals surface area contributed by atoms with E-state index in [0.29, 0.717) is 0 Å². The first kappa shape index (κ1) is 13.4. The predicted octanol–water partition coefficient (Wildman–Crippen LogP) is 3.36. The van der Waals surface area contributed by atoms with Gasteiger partial charge in [0.05, 0.1) is 18.6 Å². The van der Waals surface area contributed by atoms with Crippen LogP contribution in [0.4, 0.5) is 0 Å². The van der Waals surface area contributed by atoms with Gasteiger partial charge in [0.1, 0.15) is 0 Å². The molecule has 0 saturated heterocycles. The van der Waals surface area contributed by atoms with Gasteiger partial charge in [0, 0.05) is 16.6 Å². The Bertz CT molecular complexity index is 579. The monoisotopic (exact) mass is 272 g/mol. The Morgan fingerprint density at radius 3 is 3.00 bits per heavy atom. The smallest absolute Gasteiger partial charge is 0.182 e. The van der Waals surface area contributed by atoms with Gasteiger partial charge in [-0.1, -0.05) is 19.4 Å². The summed E-state index contributed by atoms with van der Waals surface area (Å²) in [6.45, 7) is 4.13. The fourth-order valence-corrected chi connectivity index (χ4v) is 3.57. The number of aliphatic hydroxyl groups is 1. The third-order valence-corrected chi connectivity index (χ3v) is 5.13. The van der Waals surface area contributed by atoms with Gasteiger partial charge in [-0.2, -0.15) is 0 Å². The summed E-state index contributed by atoms with van der Waals surface area (Å²) in [5.41, 5.74) is 2.45. The SMILES string of the molecule is C[C@H]1C(=Cc2ccoc2)C(=O)C=C2CCC[C@H](O)[C@]21C. The van der Waals surface area contributed by atoms with Gasteiger partial charge in [0.25, 0.3) is 0 Å². The first-order chi connectivity index (χ1) is 9.53. The average Bonchev–Trinajstić information content (AvgIpc) is 2.92. The van der Waals surface area contributed by atoms with E-state index in [4.69, 9.17) is 4.42 Å². The molecule has 3 nitrogen and oxygen atoms in total. The molecule has 0 amide bonds. The van der Waals surface area contributed by atoms with Gasteiger partial charge in [-0.3, -0.25) is 4.79 Å². The normalized spacial score (nSPS) is 35.9. The Hall–Kier alpha value is -1.61. The van der Waals surface area contributed by atoms with Crippen molar-refractivity contribution >= 4 is 11.9 Å². The third kappa shape index (κ3) is 1.88. The molecule has 1 fully saturated rings. The van der Waals surface area contributed by atoms with Crippen LogP contribution < -0.4 is 0 Å². The zero-order valence-corrected chi connectivity index (χ0v) is 11.9. The Kier molecular flexibility index (Phi) is 3.17. The minimum atomic E-state index is -0.377. The molecule has 2 aliphatic carbocycles. The Labute approximate surface area is 119 Å². The highest BCUT2D eigenvalue weighted by Gasteiger charge is 2.48. The number of allylic oxidation sites excluding steroid dienone is 2. The van der Waals surface area contributed by atoms with E-state index in [1.807, 2.05) is 19.1 Å². The topological polar surface area (TPSA) is 50.4 Å². The van der Waals surface area contributed by atoms with Gasteiger partial charge in [0.15, 0.2) is 5.78 Å². The van der Waals surface area contributed by atoms with Crippen LogP contribution in [0.15, 0.2) is 40.2 Å². The van der Waals surface area contributed by atoms with Crippen molar-refractivity contribution in [1.29, 1.82) is 0 Å². The highest BCUT2D eigenvalue weighted by molar-refractivity contribution is 6.09. The molecular formula is C17H20O3. The quantitative estimate of drug-likeness (QED) is 0.797. The maximum absolute atomic E-state index is 12.4. The van der Waals surface area contributed by atoms with Crippen molar-refractivity contribution in [1.82, 2.24) is 0 Å². The van der Waals surface area contributed by atoms with Crippen LogP contribution in [-0.2, 0) is 4.79 Å². The molecule has 0 radical (unpaired) electrons. The number of furan rings is 1. The van der Waals surface area contributed by atoms with Crippen LogP contribution >= 0.6 is 0 Å². The fourth-order valence-electron chi connectivity index (χ4n) is 3.57. The highest BCUT2D eigenvalue weighted by Crippen LogP contribution is 2.51. The van der Waals surface area contributed by atoms with E-state index in [2.05, 4.69) is 6.92 Å². The maximum atomic E-state index is 12.4. The molecular weight excluding hydrogens is 252 g/mol. The van der Waals surface area contributed by atoms with Crippen LogP contribution in [0.3, 0.4) is 0 Å². The number of carbonyl (C=O) groups excluding carboxylic acids is 1. The summed E-state index contributed by atoms with van der Waals surface area (Å²) in [7, 11) is 0. The van der Waals surface area contributed by atoms with E-state index >= 15 is 0 Å². The minimum absolute atomic E-state index is 0.0141. The molecule has 0 unspecified atom stereocenters. The number of hydrogen-bond donors (Lipinski definition) is 1. The summed E-state index contributed by atoms with van der Waals surface area (Å²) >= 11 is 0. The molecule has 2 aliphatic rings. The first-order valence-electron chi connectivity index (χ1n) is 7.20. The van der Waals surface area contributed by atoms with Crippen LogP contribution in [0.25, 0.3) is 6.08 Å². The van der Waals surface area contributed by atoms with Gasteiger partial charge in [-0.15, -0.1) is 0 Å². The van der Waals surface area contributed by atoms with Crippen molar-refractivity contribution < 1.29 is 14.3 Å². The number of fused-ring (bicyclic) bond motifs is 1. The van der Waals surface area contributed by atoms with Crippen LogP contribution in [-0.4, -0.2) is 17.0 Å². The Balaban J connectivity index is 2.07. The number of aliphatic hydroxyl groups excluding tert-OH is 1. The van der Waals surface area contributed by atoms with E-state index < -0.39 is 0 Å². The van der Waals surface area contributed by atoms with Crippen molar-refractivity contribution in [3.63, 3.8) is 0 Å². The lowest BCUT2D eigenvalue weighted by Crippen LogP contribution is -2.46. The third-order valence-electron chi connectivity index (χ3n) is 5.13.